The van der Waals surface area contributed by atoms with E-state index >= 15 is 0 Å². The van der Waals surface area contributed by atoms with E-state index in [-0.39, 0.29) is 0 Å². The lowest BCUT2D eigenvalue weighted by Gasteiger charge is -2.45. The van der Waals surface area contributed by atoms with Gasteiger partial charge in [0.2, 0.25) is 0 Å². The number of carbonyl (C=O) groups excluding carboxylic acids is 1. The van der Waals surface area contributed by atoms with Crippen molar-refractivity contribution in [2.45, 2.75) is 46.5 Å². The van der Waals surface area contributed by atoms with Crippen molar-refractivity contribution >= 4 is 5.78 Å². The highest BCUT2D eigenvalue weighted by Gasteiger charge is 2.75. The molecule has 0 N–H and O–H groups in total. The molecule has 0 radical (unpaired) electrons. The fraction of sp³-hybridized carbons (Fsp3) is 0.800. The van der Waals surface area contributed by atoms with Gasteiger partial charge in [-0.15, -0.1) is 0 Å². The van der Waals surface area contributed by atoms with Crippen LogP contribution in [0.3, 0.4) is 0 Å². The maximum atomic E-state index is 12.0. The molecule has 0 saturated heterocycles. The normalized spacial score (nSPS) is 54.4. The number of fused-ring (bicyclic) bond motifs is 1. The lowest BCUT2D eigenvalue weighted by atomic mass is 9.58. The lowest BCUT2D eigenvalue weighted by Crippen LogP contribution is -2.39. The molecule has 3 aliphatic rings. The van der Waals surface area contributed by atoms with Gasteiger partial charge in [0.1, 0.15) is 5.78 Å². The Kier molecular flexibility index (Phi) is 1.85. The van der Waals surface area contributed by atoms with Gasteiger partial charge in [-0.2, -0.15) is 0 Å². The first-order chi connectivity index (χ1) is 7.40. The monoisotopic (exact) mass is 218 g/mol. The Morgan fingerprint density at radius 2 is 2.12 bits per heavy atom. The molecule has 0 aromatic carbocycles. The number of carbonyl (C=O) groups is 1. The molecular weight excluding hydrogens is 196 g/mol. The molecule has 0 aromatic heterocycles. The van der Waals surface area contributed by atoms with E-state index in [4.69, 9.17) is 0 Å². The molecule has 0 spiro atoms. The SMILES string of the molecule is C=C(C)[C@@H]1CC2C3C(=O)CC[C@](C)(C1)[C@]23C. The fourth-order valence-corrected chi connectivity index (χ4v) is 4.82. The topological polar surface area (TPSA) is 17.1 Å². The molecule has 3 rings (SSSR count). The molecule has 3 fully saturated rings. The summed E-state index contributed by atoms with van der Waals surface area (Å²) in [6.45, 7) is 11.1. The summed E-state index contributed by atoms with van der Waals surface area (Å²) in [5, 5.41) is 0. The van der Waals surface area contributed by atoms with Crippen LogP contribution in [-0.4, -0.2) is 5.78 Å². The zero-order chi connectivity index (χ0) is 11.7. The van der Waals surface area contributed by atoms with Gasteiger partial charge in [0, 0.05) is 12.3 Å². The average Bonchev–Trinajstić information content (AvgIpc) is 2.80. The first-order valence-corrected chi connectivity index (χ1v) is 6.58. The lowest BCUT2D eigenvalue weighted by molar-refractivity contribution is -0.125. The van der Waals surface area contributed by atoms with E-state index in [1.54, 1.807) is 0 Å². The molecule has 1 heteroatoms. The standard InChI is InChI=1S/C15H22O/c1-9(2)10-7-11-13-12(16)5-6-14(3,8-10)15(11,13)4/h10-11,13H,1,5-8H2,2-4H3/t10-,11?,13?,14-,15-/m1/s1. The zero-order valence-corrected chi connectivity index (χ0v) is 10.7. The van der Waals surface area contributed by atoms with Gasteiger partial charge in [-0.05, 0) is 48.9 Å². The Morgan fingerprint density at radius 3 is 2.75 bits per heavy atom. The van der Waals surface area contributed by atoms with Crippen molar-refractivity contribution in [3.8, 4) is 0 Å². The highest BCUT2D eigenvalue weighted by Crippen LogP contribution is 2.78. The molecule has 0 aromatic rings. The summed E-state index contributed by atoms with van der Waals surface area (Å²) in [5.74, 6) is 2.28. The predicted molar refractivity (Wildman–Crippen MR) is 65.0 cm³/mol. The summed E-state index contributed by atoms with van der Waals surface area (Å²) in [5.41, 5.74) is 2.07. The molecule has 0 heterocycles. The summed E-state index contributed by atoms with van der Waals surface area (Å²) in [4.78, 5) is 12.0. The minimum atomic E-state index is 0.342. The molecule has 0 bridgehead atoms. The molecule has 1 nitrogen and oxygen atoms in total. The number of hydrogen-bond acceptors (Lipinski definition) is 1. The zero-order valence-electron chi connectivity index (χ0n) is 10.7. The number of ketones is 1. The Bertz CT molecular complexity index is 383. The quantitative estimate of drug-likeness (QED) is 0.615. The molecule has 0 amide bonds. The van der Waals surface area contributed by atoms with Gasteiger partial charge in [0.05, 0.1) is 0 Å². The third-order valence-electron chi connectivity index (χ3n) is 6.21. The van der Waals surface area contributed by atoms with Crippen LogP contribution < -0.4 is 0 Å². The Balaban J connectivity index is 1.97. The molecule has 3 aliphatic carbocycles. The number of Topliss-reactive ketones (excluding diaryl/α,β-unsaturated/α-hetero) is 1. The minimum Gasteiger partial charge on any atom is -0.299 e. The molecule has 5 atom stereocenters. The van der Waals surface area contributed by atoms with Crippen LogP contribution in [0.25, 0.3) is 0 Å². The smallest absolute Gasteiger partial charge is 0.136 e. The highest BCUT2D eigenvalue weighted by atomic mass is 16.1. The van der Waals surface area contributed by atoms with Crippen LogP contribution >= 0.6 is 0 Å². The number of hydrogen-bond donors (Lipinski definition) is 0. The van der Waals surface area contributed by atoms with E-state index in [9.17, 15) is 4.79 Å². The van der Waals surface area contributed by atoms with E-state index in [0.29, 0.717) is 34.4 Å². The van der Waals surface area contributed by atoms with Crippen LogP contribution in [0.1, 0.15) is 46.5 Å². The molecule has 88 valence electrons. The van der Waals surface area contributed by atoms with Crippen LogP contribution in [0.4, 0.5) is 0 Å². The second-order valence-corrected chi connectivity index (χ2v) is 6.88. The second-order valence-electron chi connectivity index (χ2n) is 6.88. The summed E-state index contributed by atoms with van der Waals surface area (Å²) >= 11 is 0. The summed E-state index contributed by atoms with van der Waals surface area (Å²) < 4.78 is 0. The third kappa shape index (κ3) is 1.00. The van der Waals surface area contributed by atoms with Crippen molar-refractivity contribution in [3.05, 3.63) is 12.2 Å². The van der Waals surface area contributed by atoms with Gasteiger partial charge >= 0.3 is 0 Å². The Morgan fingerprint density at radius 1 is 1.44 bits per heavy atom. The van der Waals surface area contributed by atoms with Gasteiger partial charge in [0.25, 0.3) is 0 Å². The van der Waals surface area contributed by atoms with Crippen LogP contribution in [0, 0.1) is 28.6 Å². The first kappa shape index (κ1) is 10.6. The van der Waals surface area contributed by atoms with Crippen LogP contribution in [0.15, 0.2) is 12.2 Å². The van der Waals surface area contributed by atoms with Crippen molar-refractivity contribution in [2.75, 3.05) is 0 Å². The van der Waals surface area contributed by atoms with Crippen LogP contribution in [-0.2, 0) is 4.79 Å². The van der Waals surface area contributed by atoms with Crippen molar-refractivity contribution in [2.24, 2.45) is 28.6 Å². The van der Waals surface area contributed by atoms with Crippen molar-refractivity contribution in [1.29, 1.82) is 0 Å². The van der Waals surface area contributed by atoms with E-state index < -0.39 is 0 Å². The first-order valence-electron chi connectivity index (χ1n) is 6.58. The third-order valence-corrected chi connectivity index (χ3v) is 6.21. The van der Waals surface area contributed by atoms with E-state index in [2.05, 4.69) is 27.4 Å². The highest BCUT2D eigenvalue weighted by molar-refractivity contribution is 5.87. The van der Waals surface area contributed by atoms with Gasteiger partial charge in [-0.25, -0.2) is 0 Å². The molecular formula is C15H22O. The van der Waals surface area contributed by atoms with Crippen molar-refractivity contribution < 1.29 is 4.79 Å². The molecule has 0 aliphatic heterocycles. The Labute approximate surface area is 98.3 Å². The second kappa shape index (κ2) is 2.80. The predicted octanol–water partition coefficient (Wildman–Crippen LogP) is 3.59. The van der Waals surface area contributed by atoms with Crippen LogP contribution in [0.5, 0.6) is 0 Å². The summed E-state index contributed by atoms with van der Waals surface area (Å²) in [7, 11) is 0. The number of rotatable bonds is 1. The van der Waals surface area contributed by atoms with Crippen molar-refractivity contribution in [3.63, 3.8) is 0 Å². The summed E-state index contributed by atoms with van der Waals surface area (Å²) in [6, 6.07) is 0. The average molecular weight is 218 g/mol. The minimum absolute atomic E-state index is 0.342. The van der Waals surface area contributed by atoms with Gasteiger partial charge < -0.3 is 0 Å². The van der Waals surface area contributed by atoms with E-state index in [1.807, 2.05) is 0 Å². The summed E-state index contributed by atoms with van der Waals surface area (Å²) in [6.07, 6.45) is 4.42. The number of allylic oxidation sites excluding steroid dienone is 1. The van der Waals surface area contributed by atoms with Gasteiger partial charge in [-0.1, -0.05) is 26.0 Å². The van der Waals surface area contributed by atoms with Crippen LogP contribution in [0.2, 0.25) is 0 Å². The molecule has 3 saturated carbocycles. The van der Waals surface area contributed by atoms with Gasteiger partial charge in [0.15, 0.2) is 0 Å². The molecule has 2 unspecified atom stereocenters. The maximum Gasteiger partial charge on any atom is 0.136 e. The fourth-order valence-electron chi connectivity index (χ4n) is 4.82. The largest absolute Gasteiger partial charge is 0.299 e. The maximum absolute atomic E-state index is 12.0. The van der Waals surface area contributed by atoms with Gasteiger partial charge in [-0.3, -0.25) is 4.79 Å². The van der Waals surface area contributed by atoms with E-state index in [1.165, 1.54) is 18.4 Å². The molecule has 16 heavy (non-hydrogen) atoms. The van der Waals surface area contributed by atoms with E-state index in [0.717, 1.165) is 12.8 Å². The van der Waals surface area contributed by atoms with Crippen molar-refractivity contribution in [1.82, 2.24) is 0 Å². The Hall–Kier alpha value is -0.590.